The zero-order valence-corrected chi connectivity index (χ0v) is 16.2. The number of fused-ring (bicyclic) bond motifs is 3. The number of rotatable bonds is 5. The molecule has 3 aromatic heterocycles. The van der Waals surface area contributed by atoms with E-state index in [0.29, 0.717) is 6.54 Å². The van der Waals surface area contributed by atoms with Gasteiger partial charge in [0.25, 0.3) is 0 Å². The van der Waals surface area contributed by atoms with Crippen LogP contribution in [0.15, 0.2) is 47.7 Å². The average Bonchev–Trinajstić information content (AvgIpc) is 3.42. The molecule has 0 amide bonds. The summed E-state index contributed by atoms with van der Waals surface area (Å²) in [5.41, 5.74) is 4.91. The Balaban J connectivity index is 1.51. The summed E-state index contributed by atoms with van der Waals surface area (Å²) in [4.78, 5) is 4.85. The molecular weight excluding hydrogens is 372 g/mol. The third-order valence-electron chi connectivity index (χ3n) is 4.99. The highest BCUT2D eigenvalue weighted by atomic mass is 32.1. The zero-order chi connectivity index (χ0) is 19.1. The number of benzene rings is 1. The fourth-order valence-corrected chi connectivity index (χ4v) is 4.78. The molecule has 0 aliphatic carbocycles. The minimum atomic E-state index is -0.794. The van der Waals surface area contributed by atoms with Crippen molar-refractivity contribution < 1.29 is 5.11 Å². The molecule has 1 aromatic carbocycles. The minimum Gasteiger partial charge on any atom is -0.367 e. The van der Waals surface area contributed by atoms with Crippen LogP contribution in [-0.2, 0) is 19.5 Å². The molecule has 0 saturated carbocycles. The van der Waals surface area contributed by atoms with Crippen molar-refractivity contribution in [3.05, 3.63) is 70.1 Å². The molecule has 0 radical (unpaired) electrons. The van der Waals surface area contributed by atoms with Gasteiger partial charge in [-0.25, -0.2) is 4.98 Å². The van der Waals surface area contributed by atoms with Crippen LogP contribution < -0.4 is 0 Å². The predicted molar refractivity (Wildman–Crippen MR) is 109 cm³/mol. The third kappa shape index (κ3) is 2.81. The molecule has 0 bridgehead atoms. The molecule has 8 heteroatoms. The van der Waals surface area contributed by atoms with Gasteiger partial charge in [0.05, 0.1) is 23.2 Å². The molecule has 4 heterocycles. The van der Waals surface area contributed by atoms with Crippen LogP contribution >= 0.6 is 11.3 Å². The largest absolute Gasteiger partial charge is 0.367 e. The first-order valence-electron chi connectivity index (χ1n) is 9.27. The van der Waals surface area contributed by atoms with Crippen molar-refractivity contribution in [1.29, 1.82) is 0 Å². The van der Waals surface area contributed by atoms with Crippen molar-refractivity contribution in [2.45, 2.75) is 32.7 Å². The fraction of sp³-hybridized carbons (Fsp3) is 0.250. The lowest BCUT2D eigenvalue weighted by molar-refractivity contribution is -0.0105. The van der Waals surface area contributed by atoms with E-state index in [1.807, 2.05) is 42.6 Å². The first kappa shape index (κ1) is 17.2. The summed E-state index contributed by atoms with van der Waals surface area (Å²) in [5.74, 6) is 0. The number of aliphatic hydroxyl groups excluding tert-OH is 1. The van der Waals surface area contributed by atoms with E-state index in [0.717, 1.165) is 50.8 Å². The maximum absolute atomic E-state index is 11.0. The van der Waals surface area contributed by atoms with Crippen LogP contribution in [0.5, 0.6) is 0 Å². The first-order chi connectivity index (χ1) is 13.7. The normalized spacial score (nSPS) is 16.1. The van der Waals surface area contributed by atoms with Gasteiger partial charge in [-0.15, -0.1) is 11.3 Å². The van der Waals surface area contributed by atoms with Crippen molar-refractivity contribution in [1.82, 2.24) is 24.8 Å². The van der Waals surface area contributed by atoms with Gasteiger partial charge < -0.3 is 9.67 Å². The number of aryl methyl sites for hydroxylation is 1. The second-order valence-electron chi connectivity index (χ2n) is 6.76. The van der Waals surface area contributed by atoms with Gasteiger partial charge in [0.15, 0.2) is 11.9 Å². The standard InChI is InChI=1S/C20H20N6OS/c1-2-25-17-15(11-22-26(20(17)27)12-13-6-4-3-5-7-13)18-19(25)23-16(28-18)10-14-8-9-21-24-14/h3-9,11,20,27H,2,10,12H2,1H3,(H,21,24). The Hall–Kier alpha value is -2.97. The Bertz CT molecular complexity index is 1130. The lowest BCUT2D eigenvalue weighted by Crippen LogP contribution is -2.29. The molecule has 2 N–H and O–H groups in total. The van der Waals surface area contributed by atoms with E-state index < -0.39 is 6.23 Å². The number of aliphatic hydroxyl groups is 1. The Morgan fingerprint density at radius 3 is 2.82 bits per heavy atom. The van der Waals surface area contributed by atoms with Crippen molar-refractivity contribution in [2.24, 2.45) is 5.10 Å². The maximum Gasteiger partial charge on any atom is 0.184 e. The summed E-state index contributed by atoms with van der Waals surface area (Å²) >= 11 is 1.65. The molecule has 0 saturated heterocycles. The van der Waals surface area contributed by atoms with E-state index >= 15 is 0 Å². The molecular formula is C20H20N6OS. The highest BCUT2D eigenvalue weighted by molar-refractivity contribution is 7.19. The summed E-state index contributed by atoms with van der Waals surface area (Å²) in [6, 6.07) is 12.0. The summed E-state index contributed by atoms with van der Waals surface area (Å²) in [6.45, 7) is 3.37. The van der Waals surface area contributed by atoms with Crippen molar-refractivity contribution in [3.63, 3.8) is 0 Å². The van der Waals surface area contributed by atoms with Gasteiger partial charge >= 0.3 is 0 Å². The van der Waals surface area contributed by atoms with E-state index in [1.54, 1.807) is 22.5 Å². The van der Waals surface area contributed by atoms with Crippen LogP contribution in [-0.4, -0.2) is 36.1 Å². The second kappa shape index (κ2) is 6.88. The number of nitrogens with one attached hydrogen (secondary N) is 1. The SMILES string of the molecule is CCn1c2c(c3sc(Cc4ccn[nH]4)nc31)C=NN(Cc1ccccc1)C2O. The van der Waals surface area contributed by atoms with Crippen molar-refractivity contribution in [3.8, 4) is 0 Å². The van der Waals surface area contributed by atoms with Gasteiger partial charge in [-0.2, -0.15) is 10.2 Å². The molecule has 7 nitrogen and oxygen atoms in total. The van der Waals surface area contributed by atoms with Crippen molar-refractivity contribution >= 4 is 27.9 Å². The van der Waals surface area contributed by atoms with Crippen molar-refractivity contribution in [2.75, 3.05) is 0 Å². The molecule has 0 spiro atoms. The molecule has 0 fully saturated rings. The molecule has 5 rings (SSSR count). The Morgan fingerprint density at radius 1 is 1.21 bits per heavy atom. The summed E-state index contributed by atoms with van der Waals surface area (Å²) < 4.78 is 3.18. The summed E-state index contributed by atoms with van der Waals surface area (Å²) in [7, 11) is 0. The molecule has 1 atom stereocenters. The number of hydrogen-bond acceptors (Lipinski definition) is 6. The lowest BCUT2D eigenvalue weighted by atomic mass is 10.1. The van der Waals surface area contributed by atoms with Crippen LogP contribution in [0.3, 0.4) is 0 Å². The van der Waals surface area contributed by atoms with Crippen LogP contribution in [0, 0.1) is 0 Å². The van der Waals surface area contributed by atoms with E-state index in [1.165, 1.54) is 0 Å². The topological polar surface area (TPSA) is 82.3 Å². The molecule has 1 aliphatic rings. The molecule has 142 valence electrons. The highest BCUT2D eigenvalue weighted by Crippen LogP contribution is 2.37. The smallest absolute Gasteiger partial charge is 0.184 e. The third-order valence-corrected chi connectivity index (χ3v) is 6.06. The van der Waals surface area contributed by atoms with Crippen LogP contribution in [0.25, 0.3) is 10.3 Å². The molecule has 28 heavy (non-hydrogen) atoms. The van der Waals surface area contributed by atoms with E-state index in [4.69, 9.17) is 4.98 Å². The quantitative estimate of drug-likeness (QED) is 0.546. The Kier molecular flexibility index (Phi) is 4.22. The number of nitrogens with zero attached hydrogens (tertiary/aromatic N) is 5. The van der Waals surface area contributed by atoms with Gasteiger partial charge in [-0.05, 0) is 18.6 Å². The van der Waals surface area contributed by atoms with E-state index in [9.17, 15) is 5.11 Å². The van der Waals surface area contributed by atoms with Gasteiger partial charge in [-0.3, -0.25) is 10.1 Å². The number of thiazole rings is 1. The van der Waals surface area contributed by atoms with Gasteiger partial charge in [-0.1, -0.05) is 30.3 Å². The minimum absolute atomic E-state index is 0.555. The molecule has 4 aromatic rings. The van der Waals surface area contributed by atoms with E-state index in [2.05, 4.69) is 26.8 Å². The Labute approximate surface area is 166 Å². The van der Waals surface area contributed by atoms with Crippen LogP contribution in [0.1, 0.15) is 40.7 Å². The first-order valence-corrected chi connectivity index (χ1v) is 10.1. The zero-order valence-electron chi connectivity index (χ0n) is 15.4. The maximum atomic E-state index is 11.0. The molecule has 1 unspecified atom stereocenters. The fourth-order valence-electron chi connectivity index (χ4n) is 3.67. The van der Waals surface area contributed by atoms with Gasteiger partial charge in [0.2, 0.25) is 0 Å². The number of hydrazone groups is 1. The number of hydrogen-bond donors (Lipinski definition) is 2. The summed E-state index contributed by atoms with van der Waals surface area (Å²) in [5, 5.41) is 25.3. The second-order valence-corrected chi connectivity index (χ2v) is 7.85. The van der Waals surface area contributed by atoms with E-state index in [-0.39, 0.29) is 0 Å². The van der Waals surface area contributed by atoms with Gasteiger partial charge in [0, 0.05) is 30.4 Å². The number of aromatic nitrogens is 4. The predicted octanol–water partition coefficient (Wildman–Crippen LogP) is 3.27. The summed E-state index contributed by atoms with van der Waals surface area (Å²) in [6.07, 6.45) is 3.54. The van der Waals surface area contributed by atoms with Crippen LogP contribution in [0.4, 0.5) is 0 Å². The van der Waals surface area contributed by atoms with Gasteiger partial charge in [0.1, 0.15) is 5.01 Å². The number of aromatic amines is 1. The average molecular weight is 392 g/mol. The van der Waals surface area contributed by atoms with Crippen LogP contribution in [0.2, 0.25) is 0 Å². The monoisotopic (exact) mass is 392 g/mol. The highest BCUT2D eigenvalue weighted by Gasteiger charge is 2.31. The molecule has 1 aliphatic heterocycles. The number of H-pyrrole nitrogens is 1. The lowest BCUT2D eigenvalue weighted by Gasteiger charge is -2.29. The Morgan fingerprint density at radius 2 is 2.07 bits per heavy atom.